The summed E-state index contributed by atoms with van der Waals surface area (Å²) in [7, 11) is 0. The van der Waals surface area contributed by atoms with Gasteiger partial charge in [-0.3, -0.25) is 4.79 Å². The fourth-order valence-corrected chi connectivity index (χ4v) is 2.86. The number of ether oxygens (including phenoxy) is 1. The van der Waals surface area contributed by atoms with Gasteiger partial charge < -0.3 is 14.6 Å². The number of nitrogens with zero attached hydrogens (tertiary/aromatic N) is 1. The van der Waals surface area contributed by atoms with Crippen molar-refractivity contribution in [2.75, 3.05) is 13.1 Å². The molecule has 0 atom stereocenters. The van der Waals surface area contributed by atoms with Crippen LogP contribution in [0.5, 0.6) is 5.75 Å². The van der Waals surface area contributed by atoms with Crippen LogP contribution in [0.25, 0.3) is 10.9 Å². The smallest absolute Gasteiger partial charge is 0.311 e. The first-order valence-electron chi connectivity index (χ1n) is 8.59. The van der Waals surface area contributed by atoms with Crippen molar-refractivity contribution in [1.29, 1.82) is 0 Å². The second kappa shape index (κ2) is 8.16. The van der Waals surface area contributed by atoms with Crippen LogP contribution < -0.4 is 4.74 Å². The van der Waals surface area contributed by atoms with E-state index in [0.717, 1.165) is 36.8 Å². The van der Waals surface area contributed by atoms with Gasteiger partial charge in [0.2, 0.25) is 0 Å². The van der Waals surface area contributed by atoms with Crippen molar-refractivity contribution < 1.29 is 9.53 Å². The highest BCUT2D eigenvalue weighted by atomic mass is 16.5. The van der Waals surface area contributed by atoms with E-state index in [0.29, 0.717) is 18.2 Å². The molecule has 1 heterocycles. The molecule has 0 amide bonds. The number of aromatic nitrogens is 1. The van der Waals surface area contributed by atoms with Crippen molar-refractivity contribution in [2.45, 2.75) is 53.0 Å². The van der Waals surface area contributed by atoms with Crippen LogP contribution in [0.2, 0.25) is 0 Å². The van der Waals surface area contributed by atoms with E-state index in [1.54, 1.807) is 0 Å². The zero-order valence-corrected chi connectivity index (χ0v) is 14.7. The number of aromatic amines is 1. The fourth-order valence-electron chi connectivity index (χ4n) is 2.86. The minimum absolute atomic E-state index is 0.166. The number of nitrogens with one attached hydrogen (secondary N) is 1. The van der Waals surface area contributed by atoms with Crippen LogP contribution in [-0.4, -0.2) is 35.0 Å². The van der Waals surface area contributed by atoms with E-state index in [4.69, 9.17) is 4.74 Å². The Hall–Kier alpha value is -1.81. The standard InChI is InChI=1S/C19H28N2O2/c1-5-7-19(22)23-16-8-9-18-17(12-16)15(13-20-18)10-11-21(6-2)14(3)4/h8-9,12-14,20H,5-7,10-11H2,1-4H3. The third kappa shape index (κ3) is 4.58. The predicted molar refractivity (Wildman–Crippen MR) is 94.9 cm³/mol. The molecule has 0 saturated heterocycles. The van der Waals surface area contributed by atoms with E-state index in [2.05, 4.69) is 36.9 Å². The average molecular weight is 316 g/mol. The van der Waals surface area contributed by atoms with Crippen LogP contribution >= 0.6 is 0 Å². The Kier molecular flexibility index (Phi) is 6.22. The van der Waals surface area contributed by atoms with Gasteiger partial charge in [-0.25, -0.2) is 0 Å². The van der Waals surface area contributed by atoms with Crippen molar-refractivity contribution in [2.24, 2.45) is 0 Å². The molecule has 23 heavy (non-hydrogen) atoms. The number of rotatable bonds is 8. The van der Waals surface area contributed by atoms with Crippen molar-refractivity contribution in [1.82, 2.24) is 9.88 Å². The molecule has 0 aliphatic heterocycles. The predicted octanol–water partition coefficient (Wildman–Crippen LogP) is 4.15. The highest BCUT2D eigenvalue weighted by Gasteiger charge is 2.11. The molecule has 1 aromatic carbocycles. The van der Waals surface area contributed by atoms with Crippen LogP contribution in [0.15, 0.2) is 24.4 Å². The van der Waals surface area contributed by atoms with Crippen molar-refractivity contribution in [3.05, 3.63) is 30.0 Å². The largest absolute Gasteiger partial charge is 0.427 e. The molecule has 0 saturated carbocycles. The normalized spacial score (nSPS) is 11.6. The third-order valence-electron chi connectivity index (χ3n) is 4.23. The topological polar surface area (TPSA) is 45.3 Å². The molecule has 0 spiro atoms. The van der Waals surface area contributed by atoms with Gasteiger partial charge in [-0.2, -0.15) is 0 Å². The summed E-state index contributed by atoms with van der Waals surface area (Å²) in [4.78, 5) is 17.4. The van der Waals surface area contributed by atoms with Gasteiger partial charge in [-0.05, 0) is 57.0 Å². The Morgan fingerprint density at radius 3 is 2.74 bits per heavy atom. The molecule has 4 nitrogen and oxygen atoms in total. The molecular formula is C19H28N2O2. The van der Waals surface area contributed by atoms with Crippen LogP contribution in [-0.2, 0) is 11.2 Å². The Morgan fingerprint density at radius 1 is 1.30 bits per heavy atom. The number of likely N-dealkylation sites (N-methyl/N-ethyl adjacent to an activating group) is 1. The van der Waals surface area contributed by atoms with Gasteiger partial charge in [-0.15, -0.1) is 0 Å². The Balaban J connectivity index is 2.13. The number of hydrogen-bond acceptors (Lipinski definition) is 3. The lowest BCUT2D eigenvalue weighted by molar-refractivity contribution is -0.134. The maximum Gasteiger partial charge on any atom is 0.311 e. The third-order valence-corrected chi connectivity index (χ3v) is 4.23. The minimum Gasteiger partial charge on any atom is -0.427 e. The molecule has 0 bridgehead atoms. The molecule has 1 aromatic heterocycles. The van der Waals surface area contributed by atoms with Gasteiger partial charge in [0.25, 0.3) is 0 Å². The number of fused-ring (bicyclic) bond motifs is 1. The zero-order chi connectivity index (χ0) is 16.8. The molecule has 2 aromatic rings. The molecule has 0 unspecified atom stereocenters. The summed E-state index contributed by atoms with van der Waals surface area (Å²) in [5, 5.41) is 1.15. The number of H-pyrrole nitrogens is 1. The second-order valence-electron chi connectivity index (χ2n) is 6.22. The van der Waals surface area contributed by atoms with E-state index in [1.165, 1.54) is 5.56 Å². The van der Waals surface area contributed by atoms with Crippen LogP contribution in [0.3, 0.4) is 0 Å². The lowest BCUT2D eigenvalue weighted by Gasteiger charge is -2.24. The molecule has 126 valence electrons. The van der Waals surface area contributed by atoms with Gasteiger partial charge in [0.15, 0.2) is 0 Å². The summed E-state index contributed by atoms with van der Waals surface area (Å²) in [5.74, 6) is 0.467. The van der Waals surface area contributed by atoms with Crippen molar-refractivity contribution in [3.63, 3.8) is 0 Å². The molecule has 1 N–H and O–H groups in total. The number of benzene rings is 1. The molecule has 0 aliphatic carbocycles. The second-order valence-corrected chi connectivity index (χ2v) is 6.22. The Labute approximate surface area is 138 Å². The van der Waals surface area contributed by atoms with E-state index in [9.17, 15) is 4.79 Å². The van der Waals surface area contributed by atoms with Crippen molar-refractivity contribution >= 4 is 16.9 Å². The summed E-state index contributed by atoms with van der Waals surface area (Å²) >= 11 is 0. The SMILES string of the molecule is CCCC(=O)Oc1ccc2[nH]cc(CCN(CC)C(C)C)c2c1. The van der Waals surface area contributed by atoms with E-state index in [1.807, 2.05) is 25.1 Å². The van der Waals surface area contributed by atoms with Crippen LogP contribution in [0, 0.1) is 0 Å². The maximum absolute atomic E-state index is 11.7. The molecule has 0 aliphatic rings. The summed E-state index contributed by atoms with van der Waals surface area (Å²) in [6.07, 6.45) is 4.31. The summed E-state index contributed by atoms with van der Waals surface area (Å²) in [6, 6.07) is 6.35. The molecular weight excluding hydrogens is 288 g/mol. The first-order chi connectivity index (χ1) is 11.0. The van der Waals surface area contributed by atoms with Gasteiger partial charge in [-0.1, -0.05) is 13.8 Å². The monoisotopic (exact) mass is 316 g/mol. The number of esters is 1. The maximum atomic E-state index is 11.7. The Bertz CT molecular complexity index is 646. The van der Waals surface area contributed by atoms with Crippen molar-refractivity contribution in [3.8, 4) is 5.75 Å². The summed E-state index contributed by atoms with van der Waals surface area (Å²) < 4.78 is 5.41. The molecule has 0 fully saturated rings. The average Bonchev–Trinajstić information content (AvgIpc) is 2.90. The lowest BCUT2D eigenvalue weighted by Crippen LogP contribution is -2.32. The minimum atomic E-state index is -0.166. The van der Waals surface area contributed by atoms with Gasteiger partial charge in [0.1, 0.15) is 5.75 Å². The zero-order valence-electron chi connectivity index (χ0n) is 14.7. The Morgan fingerprint density at radius 2 is 2.09 bits per heavy atom. The molecule has 2 rings (SSSR count). The molecule has 0 radical (unpaired) electrons. The van der Waals surface area contributed by atoms with E-state index >= 15 is 0 Å². The fraction of sp³-hybridized carbons (Fsp3) is 0.526. The summed E-state index contributed by atoms with van der Waals surface area (Å²) in [6.45, 7) is 10.7. The first kappa shape index (κ1) is 17.5. The molecule has 4 heteroatoms. The lowest BCUT2D eigenvalue weighted by atomic mass is 10.1. The van der Waals surface area contributed by atoms with Crippen LogP contribution in [0.4, 0.5) is 0 Å². The van der Waals surface area contributed by atoms with Gasteiger partial charge in [0.05, 0.1) is 0 Å². The van der Waals surface area contributed by atoms with Crippen LogP contribution in [0.1, 0.15) is 46.1 Å². The highest BCUT2D eigenvalue weighted by molar-refractivity contribution is 5.85. The number of carbonyl (C=O) groups is 1. The summed E-state index contributed by atoms with van der Waals surface area (Å²) in [5.41, 5.74) is 2.36. The van der Waals surface area contributed by atoms with Gasteiger partial charge >= 0.3 is 5.97 Å². The van der Waals surface area contributed by atoms with E-state index < -0.39 is 0 Å². The highest BCUT2D eigenvalue weighted by Crippen LogP contribution is 2.24. The number of carbonyl (C=O) groups excluding carboxylic acids is 1. The quantitative estimate of drug-likeness (QED) is 0.588. The van der Waals surface area contributed by atoms with E-state index in [-0.39, 0.29) is 5.97 Å². The van der Waals surface area contributed by atoms with Gasteiger partial charge in [0, 0.05) is 36.1 Å². The first-order valence-corrected chi connectivity index (χ1v) is 8.59. The number of hydrogen-bond donors (Lipinski definition) is 1.